The Morgan fingerprint density at radius 1 is 1.12 bits per heavy atom. The summed E-state index contributed by atoms with van der Waals surface area (Å²) in [7, 11) is 2.15. The molecule has 1 aliphatic rings. The summed E-state index contributed by atoms with van der Waals surface area (Å²) in [6.45, 7) is 7.30. The molecule has 2 rings (SSSR count). The van der Waals surface area contributed by atoms with E-state index < -0.39 is 0 Å². The van der Waals surface area contributed by atoms with Crippen molar-refractivity contribution in [2.75, 3.05) is 39.8 Å². The summed E-state index contributed by atoms with van der Waals surface area (Å²) in [4.78, 5) is 16.8. The number of nitrogens with zero attached hydrogens (tertiary/aromatic N) is 2. The SMILES string of the molecule is CC(CN1CCN(C)CC1)NC(=O)CC(N)c1ccccc1.Cl.Cl.Cl. The number of amides is 1. The van der Waals surface area contributed by atoms with Crippen molar-refractivity contribution in [3.05, 3.63) is 35.9 Å². The zero-order valence-corrected chi connectivity index (χ0v) is 17.3. The van der Waals surface area contributed by atoms with Gasteiger partial charge < -0.3 is 16.0 Å². The van der Waals surface area contributed by atoms with Crippen molar-refractivity contribution < 1.29 is 4.79 Å². The molecule has 2 unspecified atom stereocenters. The van der Waals surface area contributed by atoms with E-state index in [0.29, 0.717) is 6.42 Å². The Bertz CT molecular complexity index is 470. The van der Waals surface area contributed by atoms with Gasteiger partial charge in [0.2, 0.25) is 5.91 Å². The van der Waals surface area contributed by atoms with Crippen LogP contribution in [-0.4, -0.2) is 61.5 Å². The van der Waals surface area contributed by atoms with Crippen LogP contribution in [0.15, 0.2) is 30.3 Å². The van der Waals surface area contributed by atoms with Crippen molar-refractivity contribution in [3.63, 3.8) is 0 Å². The van der Waals surface area contributed by atoms with Gasteiger partial charge >= 0.3 is 0 Å². The molecule has 0 spiro atoms. The van der Waals surface area contributed by atoms with Crippen LogP contribution in [0, 0.1) is 0 Å². The number of nitrogens with two attached hydrogens (primary N) is 1. The summed E-state index contributed by atoms with van der Waals surface area (Å²) < 4.78 is 0. The molecule has 25 heavy (non-hydrogen) atoms. The lowest BCUT2D eigenvalue weighted by Gasteiger charge is -2.34. The maximum Gasteiger partial charge on any atom is 0.222 e. The highest BCUT2D eigenvalue weighted by Gasteiger charge is 2.18. The van der Waals surface area contributed by atoms with Crippen molar-refractivity contribution in [2.45, 2.75) is 25.4 Å². The second-order valence-electron chi connectivity index (χ2n) is 6.29. The van der Waals surface area contributed by atoms with Gasteiger partial charge in [-0.2, -0.15) is 0 Å². The number of halogens is 3. The number of likely N-dealkylation sites (N-methyl/N-ethyl adjacent to an activating group) is 1. The van der Waals surface area contributed by atoms with Crippen molar-refractivity contribution in [3.8, 4) is 0 Å². The fourth-order valence-corrected chi connectivity index (χ4v) is 2.81. The summed E-state index contributed by atoms with van der Waals surface area (Å²) in [5.74, 6) is 0.0259. The van der Waals surface area contributed by atoms with E-state index in [4.69, 9.17) is 5.73 Å². The minimum Gasteiger partial charge on any atom is -0.352 e. The van der Waals surface area contributed by atoms with Crippen molar-refractivity contribution >= 4 is 43.1 Å². The molecule has 1 aliphatic heterocycles. The van der Waals surface area contributed by atoms with E-state index in [1.54, 1.807) is 0 Å². The van der Waals surface area contributed by atoms with Gasteiger partial charge in [-0.15, -0.1) is 37.2 Å². The summed E-state index contributed by atoms with van der Waals surface area (Å²) in [5, 5.41) is 3.06. The summed E-state index contributed by atoms with van der Waals surface area (Å²) in [6, 6.07) is 9.69. The van der Waals surface area contributed by atoms with Gasteiger partial charge in [-0.25, -0.2) is 0 Å². The van der Waals surface area contributed by atoms with Crippen LogP contribution < -0.4 is 11.1 Å². The van der Waals surface area contributed by atoms with Crippen LogP contribution >= 0.6 is 37.2 Å². The summed E-state index contributed by atoms with van der Waals surface area (Å²) in [6.07, 6.45) is 0.330. The average Bonchev–Trinajstić information content (AvgIpc) is 2.50. The second kappa shape index (κ2) is 13.6. The van der Waals surface area contributed by atoms with Crippen LogP contribution in [0.2, 0.25) is 0 Å². The Balaban J connectivity index is 0. The first-order valence-electron chi connectivity index (χ1n) is 8.05. The Morgan fingerprint density at radius 3 is 2.24 bits per heavy atom. The van der Waals surface area contributed by atoms with Crippen molar-refractivity contribution in [1.29, 1.82) is 0 Å². The number of hydrogen-bond donors (Lipinski definition) is 2. The molecule has 2 atom stereocenters. The monoisotopic (exact) mass is 412 g/mol. The Morgan fingerprint density at radius 2 is 1.68 bits per heavy atom. The largest absolute Gasteiger partial charge is 0.352 e. The Kier molecular flexibility index (Phi) is 14.5. The summed E-state index contributed by atoms with van der Waals surface area (Å²) in [5.41, 5.74) is 7.10. The molecule has 0 aromatic heterocycles. The lowest BCUT2D eigenvalue weighted by atomic mass is 10.0. The molecule has 0 radical (unpaired) electrons. The topological polar surface area (TPSA) is 61.6 Å². The molecule has 1 saturated heterocycles. The van der Waals surface area contributed by atoms with Crippen LogP contribution in [0.4, 0.5) is 0 Å². The van der Waals surface area contributed by atoms with Crippen molar-refractivity contribution in [2.24, 2.45) is 5.73 Å². The maximum absolute atomic E-state index is 12.1. The van der Waals surface area contributed by atoms with Gasteiger partial charge in [0.15, 0.2) is 0 Å². The highest BCUT2D eigenvalue weighted by Crippen LogP contribution is 2.13. The number of benzene rings is 1. The predicted octanol–water partition coefficient (Wildman–Crippen LogP) is 2.09. The molecule has 3 N–H and O–H groups in total. The lowest BCUT2D eigenvalue weighted by Crippen LogP contribution is -2.49. The van der Waals surface area contributed by atoms with Gasteiger partial charge in [-0.3, -0.25) is 9.69 Å². The Labute approximate surface area is 169 Å². The summed E-state index contributed by atoms with van der Waals surface area (Å²) >= 11 is 0. The molecular weight excluding hydrogens is 383 g/mol. The number of nitrogens with one attached hydrogen (secondary N) is 1. The molecule has 8 heteroatoms. The van der Waals surface area contributed by atoms with Gasteiger partial charge in [0, 0.05) is 51.2 Å². The highest BCUT2D eigenvalue weighted by molar-refractivity contribution is 5.86. The van der Waals surface area contributed by atoms with Crippen LogP contribution in [0.3, 0.4) is 0 Å². The van der Waals surface area contributed by atoms with Gasteiger partial charge in [0.1, 0.15) is 0 Å². The molecule has 0 saturated carbocycles. The van der Waals surface area contributed by atoms with Crippen LogP contribution in [0.25, 0.3) is 0 Å². The predicted molar refractivity (Wildman–Crippen MR) is 111 cm³/mol. The second-order valence-corrected chi connectivity index (χ2v) is 6.29. The number of piperazine rings is 1. The number of hydrogen-bond acceptors (Lipinski definition) is 4. The molecule has 0 aliphatic carbocycles. The van der Waals surface area contributed by atoms with Gasteiger partial charge in [0.25, 0.3) is 0 Å². The first-order chi connectivity index (χ1) is 10.5. The number of carbonyl (C=O) groups is 1. The fourth-order valence-electron chi connectivity index (χ4n) is 2.81. The van der Waals surface area contributed by atoms with E-state index in [-0.39, 0.29) is 55.2 Å². The first kappa shape index (κ1) is 26.7. The smallest absolute Gasteiger partial charge is 0.222 e. The van der Waals surface area contributed by atoms with Crippen LogP contribution in [0.5, 0.6) is 0 Å². The molecule has 0 bridgehead atoms. The lowest BCUT2D eigenvalue weighted by molar-refractivity contribution is -0.122. The van der Waals surface area contributed by atoms with Gasteiger partial charge in [-0.1, -0.05) is 30.3 Å². The van der Waals surface area contributed by atoms with E-state index in [1.165, 1.54) is 0 Å². The molecule has 1 heterocycles. The molecule has 1 aromatic carbocycles. The molecule has 1 fully saturated rings. The van der Waals surface area contributed by atoms with Crippen LogP contribution in [0.1, 0.15) is 24.9 Å². The number of carbonyl (C=O) groups excluding carboxylic acids is 1. The first-order valence-corrected chi connectivity index (χ1v) is 8.05. The normalized spacial score (nSPS) is 17.2. The van der Waals surface area contributed by atoms with E-state index in [9.17, 15) is 4.79 Å². The standard InChI is InChI=1S/C17H28N4O.3ClH/c1-14(13-21-10-8-20(2)9-11-21)19-17(22)12-16(18)15-6-4-3-5-7-15;;;/h3-7,14,16H,8-13,18H2,1-2H3,(H,19,22);3*1H. The average molecular weight is 414 g/mol. The zero-order chi connectivity index (χ0) is 15.9. The Hall–Kier alpha value is -0.560. The third kappa shape index (κ3) is 9.64. The minimum atomic E-state index is -0.239. The molecule has 1 aromatic rings. The van der Waals surface area contributed by atoms with E-state index >= 15 is 0 Å². The van der Waals surface area contributed by atoms with Crippen molar-refractivity contribution in [1.82, 2.24) is 15.1 Å². The highest BCUT2D eigenvalue weighted by atomic mass is 35.5. The third-order valence-corrected chi connectivity index (χ3v) is 4.17. The third-order valence-electron chi connectivity index (χ3n) is 4.17. The molecular formula is C17H31Cl3N4O. The van der Waals surface area contributed by atoms with Gasteiger partial charge in [0.05, 0.1) is 0 Å². The molecule has 5 nitrogen and oxygen atoms in total. The molecule has 146 valence electrons. The number of rotatable bonds is 6. The fraction of sp³-hybridized carbons (Fsp3) is 0.588. The van der Waals surface area contributed by atoms with E-state index in [1.807, 2.05) is 30.3 Å². The molecule has 1 amide bonds. The van der Waals surface area contributed by atoms with E-state index in [2.05, 4.69) is 29.1 Å². The quantitative estimate of drug-likeness (QED) is 0.749. The van der Waals surface area contributed by atoms with Gasteiger partial charge in [-0.05, 0) is 19.5 Å². The van der Waals surface area contributed by atoms with E-state index in [0.717, 1.165) is 38.3 Å². The maximum atomic E-state index is 12.1. The zero-order valence-electron chi connectivity index (χ0n) is 14.9. The van der Waals surface area contributed by atoms with Crippen LogP contribution in [-0.2, 0) is 4.79 Å². The minimum absolute atomic E-state index is 0.